The third kappa shape index (κ3) is 3.76. The predicted molar refractivity (Wildman–Crippen MR) is 101 cm³/mol. The van der Waals surface area contributed by atoms with E-state index in [1.54, 1.807) is 12.1 Å². The zero-order chi connectivity index (χ0) is 18.0. The van der Waals surface area contributed by atoms with Gasteiger partial charge in [-0.1, -0.05) is 42.5 Å². The van der Waals surface area contributed by atoms with Crippen LogP contribution in [0.2, 0.25) is 0 Å². The van der Waals surface area contributed by atoms with Gasteiger partial charge in [0, 0.05) is 16.7 Å². The molecule has 3 rings (SSSR count). The van der Waals surface area contributed by atoms with Gasteiger partial charge in [0.1, 0.15) is 5.82 Å². The molecule has 0 unspecified atom stereocenters. The largest absolute Gasteiger partial charge is 0.381 e. The molecule has 0 aliphatic carbocycles. The summed E-state index contributed by atoms with van der Waals surface area (Å²) >= 11 is 0. The highest BCUT2D eigenvalue weighted by Gasteiger charge is 2.17. The number of nitrogen functional groups attached to an aromatic ring is 1. The van der Waals surface area contributed by atoms with E-state index in [2.05, 4.69) is 15.3 Å². The van der Waals surface area contributed by atoms with Crippen molar-refractivity contribution in [2.75, 3.05) is 11.1 Å². The van der Waals surface area contributed by atoms with Crippen LogP contribution in [0.15, 0.2) is 54.7 Å². The topological polar surface area (TPSA) is 63.8 Å². The van der Waals surface area contributed by atoms with Crippen LogP contribution in [0.5, 0.6) is 0 Å². The first-order valence-electron chi connectivity index (χ1n) is 8.10. The molecular formula is C20H21FN4. The van der Waals surface area contributed by atoms with Crippen LogP contribution >= 0.6 is 0 Å². The SMILES string of the molecule is CC(C)(C)Nc1nc(-c2cccc(-c3ccccc3)c2F)cnc1N. The van der Waals surface area contributed by atoms with Crippen molar-refractivity contribution in [2.24, 2.45) is 0 Å². The average molecular weight is 336 g/mol. The Balaban J connectivity index is 2.07. The lowest BCUT2D eigenvalue weighted by Gasteiger charge is -2.22. The number of rotatable bonds is 3. The van der Waals surface area contributed by atoms with Gasteiger partial charge in [-0.05, 0) is 32.4 Å². The second kappa shape index (κ2) is 6.51. The molecule has 3 N–H and O–H groups in total. The van der Waals surface area contributed by atoms with E-state index in [1.807, 2.05) is 57.2 Å². The van der Waals surface area contributed by atoms with E-state index in [4.69, 9.17) is 5.73 Å². The van der Waals surface area contributed by atoms with E-state index in [1.165, 1.54) is 6.20 Å². The van der Waals surface area contributed by atoms with Gasteiger partial charge in [-0.15, -0.1) is 0 Å². The summed E-state index contributed by atoms with van der Waals surface area (Å²) in [4.78, 5) is 8.65. The number of nitrogens with one attached hydrogen (secondary N) is 1. The fraction of sp³-hybridized carbons (Fsp3) is 0.200. The molecule has 128 valence electrons. The minimum absolute atomic E-state index is 0.230. The molecule has 3 aromatic rings. The molecule has 1 aromatic heterocycles. The van der Waals surface area contributed by atoms with Crippen molar-refractivity contribution in [1.82, 2.24) is 9.97 Å². The van der Waals surface area contributed by atoms with Crippen LogP contribution in [0.3, 0.4) is 0 Å². The first kappa shape index (κ1) is 16.9. The minimum Gasteiger partial charge on any atom is -0.381 e. The summed E-state index contributed by atoms with van der Waals surface area (Å²) in [5.41, 5.74) is 7.86. The third-order valence-corrected chi connectivity index (χ3v) is 3.65. The van der Waals surface area contributed by atoms with Gasteiger partial charge < -0.3 is 11.1 Å². The van der Waals surface area contributed by atoms with Crippen LogP contribution in [0.1, 0.15) is 20.8 Å². The molecule has 0 saturated carbocycles. The molecule has 0 amide bonds. The Bertz CT molecular complexity index is 886. The van der Waals surface area contributed by atoms with E-state index in [9.17, 15) is 0 Å². The first-order chi connectivity index (χ1) is 11.8. The van der Waals surface area contributed by atoms with Crippen LogP contribution in [0.25, 0.3) is 22.4 Å². The molecule has 0 radical (unpaired) electrons. The average Bonchev–Trinajstić information content (AvgIpc) is 2.57. The zero-order valence-corrected chi connectivity index (χ0v) is 14.5. The highest BCUT2D eigenvalue weighted by Crippen LogP contribution is 2.31. The van der Waals surface area contributed by atoms with Gasteiger partial charge in [0.05, 0.1) is 11.9 Å². The summed E-state index contributed by atoms with van der Waals surface area (Å²) in [6, 6.07) is 14.7. The number of nitrogens with two attached hydrogens (primary N) is 1. The van der Waals surface area contributed by atoms with Crippen molar-refractivity contribution in [1.29, 1.82) is 0 Å². The van der Waals surface area contributed by atoms with Gasteiger partial charge in [-0.25, -0.2) is 14.4 Å². The lowest BCUT2D eigenvalue weighted by atomic mass is 10.0. The summed E-state index contributed by atoms with van der Waals surface area (Å²) in [7, 11) is 0. The lowest BCUT2D eigenvalue weighted by molar-refractivity contribution is 0.629. The highest BCUT2D eigenvalue weighted by atomic mass is 19.1. The molecule has 0 aliphatic heterocycles. The number of hydrogen-bond donors (Lipinski definition) is 2. The van der Waals surface area contributed by atoms with Gasteiger partial charge in [0.2, 0.25) is 0 Å². The monoisotopic (exact) mass is 336 g/mol. The summed E-state index contributed by atoms with van der Waals surface area (Å²) in [5.74, 6) is 0.419. The van der Waals surface area contributed by atoms with Gasteiger partial charge in [-0.3, -0.25) is 0 Å². The first-order valence-corrected chi connectivity index (χ1v) is 8.10. The molecule has 0 atom stereocenters. The predicted octanol–water partition coefficient (Wildman–Crippen LogP) is 4.74. The van der Waals surface area contributed by atoms with Crippen molar-refractivity contribution in [3.63, 3.8) is 0 Å². The van der Waals surface area contributed by atoms with Crippen LogP contribution in [-0.2, 0) is 0 Å². The number of aromatic nitrogens is 2. The van der Waals surface area contributed by atoms with Crippen molar-refractivity contribution in [2.45, 2.75) is 26.3 Å². The molecular weight excluding hydrogens is 315 g/mol. The Morgan fingerprint density at radius 1 is 0.960 bits per heavy atom. The van der Waals surface area contributed by atoms with Gasteiger partial charge in [0.25, 0.3) is 0 Å². The van der Waals surface area contributed by atoms with Crippen LogP contribution in [-0.4, -0.2) is 15.5 Å². The quantitative estimate of drug-likeness (QED) is 0.725. The van der Waals surface area contributed by atoms with E-state index in [-0.39, 0.29) is 11.4 Å². The number of hydrogen-bond acceptors (Lipinski definition) is 4. The molecule has 25 heavy (non-hydrogen) atoms. The lowest BCUT2D eigenvalue weighted by Crippen LogP contribution is -2.27. The molecule has 2 aromatic carbocycles. The summed E-state index contributed by atoms with van der Waals surface area (Å²) in [6.07, 6.45) is 1.50. The maximum absolute atomic E-state index is 15.1. The molecule has 0 saturated heterocycles. The molecule has 0 fully saturated rings. The molecule has 0 spiro atoms. The fourth-order valence-electron chi connectivity index (χ4n) is 2.55. The fourth-order valence-corrected chi connectivity index (χ4v) is 2.55. The van der Waals surface area contributed by atoms with Gasteiger partial charge in [0.15, 0.2) is 11.6 Å². The number of halogens is 1. The van der Waals surface area contributed by atoms with Crippen LogP contribution < -0.4 is 11.1 Å². The molecule has 0 bridgehead atoms. The van der Waals surface area contributed by atoms with Crippen LogP contribution in [0.4, 0.5) is 16.0 Å². The van der Waals surface area contributed by atoms with Crippen molar-refractivity contribution in [3.8, 4) is 22.4 Å². The van der Waals surface area contributed by atoms with Crippen molar-refractivity contribution in [3.05, 3.63) is 60.5 Å². The molecule has 0 aliphatic rings. The van der Waals surface area contributed by atoms with Gasteiger partial charge in [-0.2, -0.15) is 0 Å². The maximum atomic E-state index is 15.1. The minimum atomic E-state index is -0.325. The maximum Gasteiger partial charge on any atom is 0.169 e. The van der Waals surface area contributed by atoms with Crippen molar-refractivity contribution < 1.29 is 4.39 Å². The molecule has 1 heterocycles. The zero-order valence-electron chi connectivity index (χ0n) is 14.5. The Morgan fingerprint density at radius 3 is 2.32 bits per heavy atom. The normalized spacial score (nSPS) is 11.4. The number of nitrogens with zero attached hydrogens (tertiary/aromatic N) is 2. The Morgan fingerprint density at radius 2 is 1.64 bits per heavy atom. The second-order valence-electron chi connectivity index (χ2n) is 6.90. The Labute approximate surface area is 146 Å². The molecule has 5 heteroatoms. The summed E-state index contributed by atoms with van der Waals surface area (Å²) in [6.45, 7) is 5.99. The van der Waals surface area contributed by atoms with E-state index in [0.717, 1.165) is 5.56 Å². The second-order valence-corrected chi connectivity index (χ2v) is 6.90. The van der Waals surface area contributed by atoms with Gasteiger partial charge >= 0.3 is 0 Å². The standard InChI is InChI=1S/C20H21FN4/c1-20(2,3)25-19-18(22)23-12-16(24-19)15-11-7-10-14(17(15)21)13-8-5-4-6-9-13/h4-12H,1-3H3,(H2,22,23)(H,24,25). The van der Waals surface area contributed by atoms with Crippen LogP contribution in [0, 0.1) is 5.82 Å². The number of benzene rings is 2. The summed E-state index contributed by atoms with van der Waals surface area (Å²) in [5, 5.41) is 3.20. The highest BCUT2D eigenvalue weighted by molar-refractivity contribution is 5.73. The smallest absolute Gasteiger partial charge is 0.169 e. The van der Waals surface area contributed by atoms with E-state index < -0.39 is 0 Å². The van der Waals surface area contributed by atoms with Crippen molar-refractivity contribution >= 4 is 11.6 Å². The van der Waals surface area contributed by atoms with E-state index in [0.29, 0.717) is 28.5 Å². The molecule has 4 nitrogen and oxygen atoms in total. The Hall–Kier alpha value is -2.95. The number of anilines is 2. The summed E-state index contributed by atoms with van der Waals surface area (Å²) < 4.78 is 15.1. The third-order valence-electron chi connectivity index (χ3n) is 3.65. The van der Waals surface area contributed by atoms with E-state index >= 15 is 4.39 Å². The Kier molecular flexibility index (Phi) is 4.40.